The Morgan fingerprint density at radius 2 is 2.20 bits per heavy atom. The predicted octanol–water partition coefficient (Wildman–Crippen LogP) is 2.00. The van der Waals surface area contributed by atoms with Crippen molar-refractivity contribution in [3.63, 3.8) is 0 Å². The SMILES string of the molecule is c1coc(-c2ccc[se]2)c1. The number of furan rings is 1. The van der Waals surface area contributed by atoms with Gasteiger partial charge >= 0.3 is 64.6 Å². The van der Waals surface area contributed by atoms with Crippen LogP contribution in [-0.2, 0) is 0 Å². The van der Waals surface area contributed by atoms with Crippen LogP contribution in [0.1, 0.15) is 0 Å². The molecule has 2 heteroatoms. The van der Waals surface area contributed by atoms with E-state index in [4.69, 9.17) is 4.42 Å². The van der Waals surface area contributed by atoms with E-state index >= 15 is 0 Å². The molecule has 0 atom stereocenters. The fourth-order valence-corrected chi connectivity index (χ4v) is 2.29. The molecule has 0 radical (unpaired) electrons. The molecule has 2 heterocycles. The molecule has 0 aliphatic carbocycles. The monoisotopic (exact) mass is 198 g/mol. The van der Waals surface area contributed by atoms with E-state index in [2.05, 4.69) is 17.1 Å². The van der Waals surface area contributed by atoms with Gasteiger partial charge in [-0.15, -0.1) is 0 Å². The van der Waals surface area contributed by atoms with E-state index in [1.54, 1.807) is 6.26 Å². The van der Waals surface area contributed by atoms with Crippen molar-refractivity contribution >= 4 is 14.5 Å². The molecule has 0 saturated carbocycles. The van der Waals surface area contributed by atoms with E-state index in [0.717, 1.165) is 5.76 Å². The predicted molar refractivity (Wildman–Crippen MR) is 41.1 cm³/mol. The summed E-state index contributed by atoms with van der Waals surface area (Å²) in [6.07, 6.45) is 1.71. The molecule has 1 nitrogen and oxygen atoms in total. The van der Waals surface area contributed by atoms with Crippen molar-refractivity contribution in [2.75, 3.05) is 0 Å². The molecule has 0 N–H and O–H groups in total. The number of hydrogen-bond donors (Lipinski definition) is 0. The van der Waals surface area contributed by atoms with Gasteiger partial charge < -0.3 is 0 Å². The Hall–Kier alpha value is -0.721. The first-order chi connectivity index (χ1) is 4.97. The summed E-state index contributed by atoms with van der Waals surface area (Å²) in [6.45, 7) is 0. The van der Waals surface area contributed by atoms with Crippen LogP contribution in [0.2, 0.25) is 0 Å². The van der Waals surface area contributed by atoms with Crippen LogP contribution in [0.25, 0.3) is 10.2 Å². The molecule has 2 aromatic rings. The molecule has 0 saturated heterocycles. The van der Waals surface area contributed by atoms with Gasteiger partial charge in [-0.05, 0) is 0 Å². The van der Waals surface area contributed by atoms with E-state index in [-0.39, 0.29) is 0 Å². The van der Waals surface area contributed by atoms with E-state index in [1.807, 2.05) is 12.1 Å². The van der Waals surface area contributed by atoms with E-state index in [1.165, 1.54) is 4.44 Å². The molecule has 0 aromatic carbocycles. The standard InChI is InChI=1S/C8H6OSe/c1-3-7(9-5-1)8-4-2-6-10-8/h1-6H. The van der Waals surface area contributed by atoms with Crippen LogP contribution in [-0.4, -0.2) is 14.5 Å². The van der Waals surface area contributed by atoms with Crippen molar-refractivity contribution in [1.82, 2.24) is 0 Å². The maximum absolute atomic E-state index is 5.22. The molecule has 0 bridgehead atoms. The van der Waals surface area contributed by atoms with Crippen LogP contribution in [0.15, 0.2) is 39.9 Å². The van der Waals surface area contributed by atoms with Crippen molar-refractivity contribution in [3.8, 4) is 10.2 Å². The number of rotatable bonds is 1. The zero-order valence-corrected chi connectivity index (χ0v) is 6.99. The topological polar surface area (TPSA) is 13.1 Å². The molecule has 0 fully saturated rings. The zero-order chi connectivity index (χ0) is 6.81. The molecule has 0 spiro atoms. The van der Waals surface area contributed by atoms with Crippen LogP contribution in [0, 0.1) is 0 Å². The van der Waals surface area contributed by atoms with Gasteiger partial charge in [0, 0.05) is 0 Å². The summed E-state index contributed by atoms with van der Waals surface area (Å²) in [6, 6.07) is 8.11. The third-order valence-corrected chi connectivity index (χ3v) is 3.14. The van der Waals surface area contributed by atoms with Crippen LogP contribution in [0.5, 0.6) is 0 Å². The summed E-state index contributed by atoms with van der Waals surface area (Å²) >= 11 is 0.498. The molecule has 0 aliphatic rings. The Bertz CT molecular complexity index is 249. The fourth-order valence-electron chi connectivity index (χ4n) is 0.838. The first kappa shape index (κ1) is 6.02. The molecule has 0 amide bonds. The fraction of sp³-hybridized carbons (Fsp3) is 0. The Balaban J connectivity index is 2.48. The van der Waals surface area contributed by atoms with Gasteiger partial charge in [-0.25, -0.2) is 0 Å². The van der Waals surface area contributed by atoms with Crippen molar-refractivity contribution in [2.45, 2.75) is 0 Å². The van der Waals surface area contributed by atoms with Crippen molar-refractivity contribution < 1.29 is 4.42 Å². The third kappa shape index (κ3) is 0.961. The van der Waals surface area contributed by atoms with Crippen molar-refractivity contribution in [3.05, 3.63) is 35.5 Å². The first-order valence-electron chi connectivity index (χ1n) is 3.04. The summed E-state index contributed by atoms with van der Waals surface area (Å²) in [5.41, 5.74) is 0. The molecule has 2 rings (SSSR count). The normalized spacial score (nSPS) is 10.0. The van der Waals surface area contributed by atoms with Gasteiger partial charge in [0.2, 0.25) is 0 Å². The Kier molecular flexibility index (Phi) is 1.50. The van der Waals surface area contributed by atoms with Gasteiger partial charge in [0.1, 0.15) is 0 Å². The van der Waals surface area contributed by atoms with Crippen LogP contribution in [0.3, 0.4) is 0 Å². The third-order valence-electron chi connectivity index (χ3n) is 1.29. The summed E-state index contributed by atoms with van der Waals surface area (Å²) in [5, 5.41) is 0. The van der Waals surface area contributed by atoms with Crippen molar-refractivity contribution in [1.29, 1.82) is 0 Å². The average molecular weight is 197 g/mol. The first-order valence-corrected chi connectivity index (χ1v) is 4.89. The molecule has 2 aromatic heterocycles. The molecule has 10 heavy (non-hydrogen) atoms. The number of hydrogen-bond acceptors (Lipinski definition) is 1. The van der Waals surface area contributed by atoms with Crippen LogP contribution in [0.4, 0.5) is 0 Å². The molecular weight excluding hydrogens is 191 g/mol. The Morgan fingerprint density at radius 1 is 1.20 bits per heavy atom. The second-order valence-electron chi connectivity index (χ2n) is 1.95. The van der Waals surface area contributed by atoms with Gasteiger partial charge in [-0.1, -0.05) is 0 Å². The molecular formula is C8H6OSe. The van der Waals surface area contributed by atoms with E-state index < -0.39 is 0 Å². The summed E-state index contributed by atoms with van der Waals surface area (Å²) in [4.78, 5) is 2.19. The molecule has 0 unspecified atom stereocenters. The summed E-state index contributed by atoms with van der Waals surface area (Å²) < 4.78 is 6.56. The van der Waals surface area contributed by atoms with Gasteiger partial charge in [-0.3, -0.25) is 0 Å². The summed E-state index contributed by atoms with van der Waals surface area (Å²) in [5.74, 6) is 1.02. The Labute approximate surface area is 65.0 Å². The second-order valence-corrected chi connectivity index (χ2v) is 3.94. The molecule has 0 aliphatic heterocycles. The quantitative estimate of drug-likeness (QED) is 0.637. The minimum absolute atomic E-state index is 0.498. The van der Waals surface area contributed by atoms with Crippen molar-refractivity contribution in [2.24, 2.45) is 0 Å². The van der Waals surface area contributed by atoms with Crippen LogP contribution < -0.4 is 0 Å². The van der Waals surface area contributed by atoms with Gasteiger partial charge in [0.05, 0.1) is 0 Å². The van der Waals surface area contributed by atoms with Gasteiger partial charge in [0.15, 0.2) is 0 Å². The van der Waals surface area contributed by atoms with Gasteiger partial charge in [-0.2, -0.15) is 0 Å². The zero-order valence-electron chi connectivity index (χ0n) is 5.28. The Morgan fingerprint density at radius 3 is 2.80 bits per heavy atom. The maximum atomic E-state index is 5.22. The minimum atomic E-state index is 0.498. The van der Waals surface area contributed by atoms with E-state index in [0.29, 0.717) is 14.5 Å². The van der Waals surface area contributed by atoms with Gasteiger partial charge in [0.25, 0.3) is 0 Å². The average Bonchev–Trinajstić information content (AvgIpc) is 2.59. The summed E-state index contributed by atoms with van der Waals surface area (Å²) in [7, 11) is 0. The van der Waals surface area contributed by atoms with Crippen LogP contribution >= 0.6 is 0 Å². The molecule has 50 valence electrons. The van der Waals surface area contributed by atoms with E-state index in [9.17, 15) is 0 Å². The second kappa shape index (κ2) is 2.49.